The third kappa shape index (κ3) is 5.11. The van der Waals surface area contributed by atoms with Crippen LogP contribution in [-0.4, -0.2) is 16.9 Å². The van der Waals surface area contributed by atoms with E-state index in [2.05, 4.69) is 29.7 Å². The third-order valence-corrected chi connectivity index (χ3v) is 7.42. The number of nitrogens with one attached hydrogen (secondary N) is 1. The first kappa shape index (κ1) is 24.2. The van der Waals surface area contributed by atoms with Gasteiger partial charge in [0.15, 0.2) is 0 Å². The van der Waals surface area contributed by atoms with Crippen LogP contribution in [0.4, 0.5) is 5.69 Å². The molecule has 3 aromatic rings. The lowest BCUT2D eigenvalue weighted by atomic mass is 9.92. The van der Waals surface area contributed by atoms with Crippen molar-refractivity contribution in [2.75, 3.05) is 11.8 Å². The van der Waals surface area contributed by atoms with Gasteiger partial charge in [-0.05, 0) is 84.3 Å². The molecule has 1 aromatic heterocycles. The van der Waals surface area contributed by atoms with Crippen molar-refractivity contribution in [2.24, 2.45) is 18.7 Å². The highest BCUT2D eigenvalue weighted by atomic mass is 32.3. The minimum absolute atomic E-state index is 0.417. The average molecular weight is 456 g/mol. The van der Waals surface area contributed by atoms with E-state index >= 15 is 0 Å². The largest absolute Gasteiger partial charge is 0.348 e. The number of nitrogens with zero attached hydrogens (tertiary/aromatic N) is 2. The zero-order valence-corrected chi connectivity index (χ0v) is 20.9. The second-order valence-corrected chi connectivity index (χ2v) is 11.2. The Balaban J connectivity index is 1.93. The van der Waals surface area contributed by atoms with Crippen LogP contribution in [0.2, 0.25) is 0 Å². The summed E-state index contributed by atoms with van der Waals surface area (Å²) in [6, 6.07) is 15.8. The van der Waals surface area contributed by atoms with Gasteiger partial charge in [0.25, 0.3) is 0 Å². The van der Waals surface area contributed by atoms with E-state index in [4.69, 9.17) is 9.92 Å². The fourth-order valence-corrected chi connectivity index (χ4v) is 5.02. The highest BCUT2D eigenvalue weighted by Crippen LogP contribution is 2.31. The minimum atomic E-state index is -2.98. The van der Waals surface area contributed by atoms with E-state index in [-0.39, 0.29) is 0 Å². The van der Waals surface area contributed by atoms with Gasteiger partial charge in [0, 0.05) is 12.6 Å². The summed E-state index contributed by atoms with van der Waals surface area (Å²) in [5, 5.41) is 4.61. The Morgan fingerprint density at radius 3 is 2.38 bits per heavy atom. The molecule has 2 aromatic carbocycles. The summed E-state index contributed by atoms with van der Waals surface area (Å²) in [7, 11) is 0.376. The van der Waals surface area contributed by atoms with E-state index in [0.717, 1.165) is 40.2 Å². The Morgan fingerprint density at radius 2 is 1.81 bits per heavy atom. The van der Waals surface area contributed by atoms with Crippen LogP contribution in [-0.2, 0) is 37.8 Å². The van der Waals surface area contributed by atoms with Gasteiger partial charge in [0.2, 0.25) is 4.90 Å². The maximum absolute atomic E-state index is 13.8. The topological polar surface area (TPSA) is 82.2 Å². The standard InChI is InChI=1S/C25H35N4O2S/c1-17(2)15-23-24(18(3)29(6)27-23)28-32(30,31-7)22-13-11-19(12-14-22)20-9-8-10-21(16-20)25(4,5)26/h8-14,16-17H,15,26H2,1-7H3,(H,28,30)/q+1. The second-order valence-electron chi connectivity index (χ2n) is 9.23. The first-order valence-electron chi connectivity index (χ1n) is 10.8. The van der Waals surface area contributed by atoms with Gasteiger partial charge in [-0.15, -0.1) is 4.18 Å². The zero-order valence-electron chi connectivity index (χ0n) is 20.1. The number of anilines is 1. The predicted octanol–water partition coefficient (Wildman–Crippen LogP) is 5.23. The quantitative estimate of drug-likeness (QED) is 0.455. The third-order valence-electron chi connectivity index (χ3n) is 5.58. The summed E-state index contributed by atoms with van der Waals surface area (Å²) in [5.74, 6) is 0.428. The van der Waals surface area contributed by atoms with E-state index in [1.165, 1.54) is 7.11 Å². The number of benzene rings is 2. The highest BCUT2D eigenvalue weighted by molar-refractivity contribution is 7.99. The molecule has 0 radical (unpaired) electrons. The lowest BCUT2D eigenvalue weighted by Gasteiger charge is -2.20. The lowest BCUT2D eigenvalue weighted by Crippen LogP contribution is -2.28. The molecule has 6 nitrogen and oxygen atoms in total. The average Bonchev–Trinajstić information content (AvgIpc) is 3.00. The van der Waals surface area contributed by atoms with Crippen LogP contribution >= 0.6 is 0 Å². The summed E-state index contributed by atoms with van der Waals surface area (Å²) in [5.41, 5.74) is 11.6. The summed E-state index contributed by atoms with van der Waals surface area (Å²) < 4.78 is 24.3. The van der Waals surface area contributed by atoms with Crippen molar-refractivity contribution in [2.45, 2.75) is 51.5 Å². The van der Waals surface area contributed by atoms with Crippen molar-refractivity contribution < 1.29 is 8.39 Å². The number of hydrogen-bond acceptors (Lipinski definition) is 4. The fourth-order valence-electron chi connectivity index (χ4n) is 3.60. The molecule has 0 bridgehead atoms. The van der Waals surface area contributed by atoms with Crippen LogP contribution in [0.5, 0.6) is 0 Å². The van der Waals surface area contributed by atoms with E-state index < -0.39 is 15.9 Å². The molecule has 0 aliphatic rings. The van der Waals surface area contributed by atoms with Crippen molar-refractivity contribution in [3.05, 3.63) is 65.5 Å². The molecule has 1 unspecified atom stereocenters. The molecule has 3 rings (SSSR count). The monoisotopic (exact) mass is 455 g/mol. The van der Waals surface area contributed by atoms with Gasteiger partial charge in [0.05, 0.1) is 18.5 Å². The molecule has 32 heavy (non-hydrogen) atoms. The fraction of sp³-hybridized carbons (Fsp3) is 0.400. The van der Waals surface area contributed by atoms with Gasteiger partial charge >= 0.3 is 10.4 Å². The number of aromatic nitrogens is 2. The number of nitrogens with two attached hydrogens (primary N) is 1. The van der Waals surface area contributed by atoms with Gasteiger partial charge in [-0.2, -0.15) is 9.82 Å². The van der Waals surface area contributed by atoms with E-state index in [9.17, 15) is 4.21 Å². The molecule has 0 amide bonds. The highest BCUT2D eigenvalue weighted by Gasteiger charge is 2.35. The Hall–Kier alpha value is -2.48. The molecule has 0 saturated heterocycles. The number of aryl methyl sites for hydroxylation is 1. The van der Waals surface area contributed by atoms with Gasteiger partial charge < -0.3 is 5.73 Å². The summed E-state index contributed by atoms with van der Waals surface area (Å²) in [4.78, 5) is 0.581. The predicted molar refractivity (Wildman–Crippen MR) is 133 cm³/mol. The van der Waals surface area contributed by atoms with Crippen molar-refractivity contribution >= 4 is 16.1 Å². The lowest BCUT2D eigenvalue weighted by molar-refractivity contribution is 0.415. The normalized spacial score (nSPS) is 13.9. The molecule has 0 saturated carbocycles. The van der Waals surface area contributed by atoms with Crippen LogP contribution in [0, 0.1) is 12.8 Å². The van der Waals surface area contributed by atoms with E-state index in [1.54, 1.807) is 0 Å². The summed E-state index contributed by atoms with van der Waals surface area (Å²) >= 11 is 0. The van der Waals surface area contributed by atoms with E-state index in [0.29, 0.717) is 10.8 Å². The van der Waals surface area contributed by atoms with Gasteiger partial charge in [0.1, 0.15) is 5.69 Å². The van der Waals surface area contributed by atoms with Crippen molar-refractivity contribution in [1.82, 2.24) is 9.78 Å². The van der Waals surface area contributed by atoms with Crippen LogP contribution < -0.4 is 10.5 Å². The molecule has 0 spiro atoms. The second kappa shape index (κ2) is 9.17. The van der Waals surface area contributed by atoms with Crippen LogP contribution in [0.15, 0.2) is 53.4 Å². The van der Waals surface area contributed by atoms with Crippen LogP contribution in [0.1, 0.15) is 44.6 Å². The molecule has 3 N–H and O–H groups in total. The summed E-state index contributed by atoms with van der Waals surface area (Å²) in [6.45, 7) is 10.2. The Kier molecular flexibility index (Phi) is 6.93. The molecular weight excluding hydrogens is 420 g/mol. The first-order valence-corrected chi connectivity index (χ1v) is 12.3. The maximum atomic E-state index is 13.8. The Morgan fingerprint density at radius 1 is 1.16 bits per heavy atom. The Labute approximate surface area is 192 Å². The molecule has 0 aliphatic carbocycles. The first-order chi connectivity index (χ1) is 14.9. The zero-order chi connectivity index (χ0) is 23.7. The molecule has 7 heteroatoms. The molecule has 0 aliphatic heterocycles. The van der Waals surface area contributed by atoms with E-state index in [1.807, 2.05) is 75.0 Å². The smallest absolute Gasteiger partial charge is 0.322 e. The van der Waals surface area contributed by atoms with Crippen molar-refractivity contribution in [3.63, 3.8) is 0 Å². The molecule has 172 valence electrons. The van der Waals surface area contributed by atoms with Gasteiger partial charge in [-0.25, -0.2) is 0 Å². The summed E-state index contributed by atoms with van der Waals surface area (Å²) in [6.07, 6.45) is 0.788. The number of rotatable bonds is 8. The minimum Gasteiger partial charge on any atom is -0.322 e. The molecule has 0 fully saturated rings. The van der Waals surface area contributed by atoms with Crippen molar-refractivity contribution in [1.29, 1.82) is 0 Å². The van der Waals surface area contributed by atoms with Gasteiger partial charge in [-0.1, -0.05) is 32.0 Å². The van der Waals surface area contributed by atoms with Crippen LogP contribution in [0.25, 0.3) is 11.1 Å². The Bertz CT molecular complexity index is 1130. The van der Waals surface area contributed by atoms with Crippen molar-refractivity contribution in [3.8, 4) is 11.1 Å². The van der Waals surface area contributed by atoms with Crippen LogP contribution in [0.3, 0.4) is 0 Å². The SMILES string of the molecule is CO[S+](=O)(Nc1c(CC(C)C)nn(C)c1C)c1ccc(-c2cccc(C(C)(C)N)c2)cc1. The number of hydrogen-bond donors (Lipinski definition) is 2. The molecule has 1 atom stereocenters. The maximum Gasteiger partial charge on any atom is 0.348 e. The van der Waals surface area contributed by atoms with Gasteiger partial charge in [-0.3, -0.25) is 4.68 Å². The molecule has 1 heterocycles. The molecular formula is C25H35N4O2S+.